The van der Waals surface area contributed by atoms with Gasteiger partial charge in [-0.25, -0.2) is 4.79 Å². The minimum absolute atomic E-state index is 0.133. The number of aliphatic carboxylic acids is 1. The number of ether oxygens (including phenoxy) is 1. The standard InChI is InChI=1S/C21H32N4O6/c1-4-12(2)17(23)19(27)25-18(13(3)31-11-14-8-6-5-7-9-14)20(28)24-15(21(29)30)10-16(22)26/h5-9,12-13,15,17-18H,4,10-11,23H2,1-3H3,(H2,22,26)(H,24,28)(H,25,27)(H,29,30). The number of hydrogen-bond donors (Lipinski definition) is 5. The summed E-state index contributed by atoms with van der Waals surface area (Å²) < 4.78 is 5.75. The van der Waals surface area contributed by atoms with Gasteiger partial charge in [0.05, 0.1) is 25.2 Å². The van der Waals surface area contributed by atoms with Crippen molar-refractivity contribution in [3.05, 3.63) is 35.9 Å². The highest BCUT2D eigenvalue weighted by molar-refractivity contribution is 5.93. The maximum atomic E-state index is 12.8. The molecule has 0 radical (unpaired) electrons. The van der Waals surface area contributed by atoms with E-state index in [4.69, 9.17) is 16.2 Å². The topological polar surface area (TPSA) is 174 Å². The van der Waals surface area contributed by atoms with Crippen molar-refractivity contribution in [2.75, 3.05) is 0 Å². The predicted octanol–water partition coefficient (Wildman–Crippen LogP) is -0.105. The number of carbonyl (C=O) groups is 4. The minimum Gasteiger partial charge on any atom is -0.480 e. The van der Waals surface area contributed by atoms with Crippen LogP contribution in [0.25, 0.3) is 0 Å². The van der Waals surface area contributed by atoms with Crippen LogP contribution in [0.5, 0.6) is 0 Å². The number of hydrogen-bond acceptors (Lipinski definition) is 6. The number of amides is 3. The summed E-state index contributed by atoms with van der Waals surface area (Å²) in [7, 11) is 0. The van der Waals surface area contributed by atoms with Crippen LogP contribution in [0.1, 0.15) is 39.2 Å². The molecular formula is C21H32N4O6. The number of carboxylic acid groups (broad SMARTS) is 1. The largest absolute Gasteiger partial charge is 0.480 e. The summed E-state index contributed by atoms with van der Waals surface area (Å²) in [5.41, 5.74) is 11.9. The second-order valence-corrected chi connectivity index (χ2v) is 7.47. The van der Waals surface area contributed by atoms with E-state index in [2.05, 4.69) is 10.6 Å². The fourth-order valence-corrected chi connectivity index (χ4v) is 2.72. The number of carbonyl (C=O) groups excluding carboxylic acids is 3. The van der Waals surface area contributed by atoms with Gasteiger partial charge in [-0.3, -0.25) is 14.4 Å². The molecule has 10 nitrogen and oxygen atoms in total. The lowest BCUT2D eigenvalue weighted by molar-refractivity contribution is -0.144. The second kappa shape index (κ2) is 12.7. The Kier molecular flexibility index (Phi) is 10.6. The third-order valence-corrected chi connectivity index (χ3v) is 4.99. The molecule has 7 N–H and O–H groups in total. The molecule has 31 heavy (non-hydrogen) atoms. The molecule has 0 spiro atoms. The fraction of sp³-hybridized carbons (Fsp3) is 0.524. The summed E-state index contributed by atoms with van der Waals surface area (Å²) in [6.07, 6.45) is -0.755. The fourth-order valence-electron chi connectivity index (χ4n) is 2.72. The Morgan fingerprint density at radius 2 is 1.68 bits per heavy atom. The van der Waals surface area contributed by atoms with Crippen molar-refractivity contribution in [1.29, 1.82) is 0 Å². The van der Waals surface area contributed by atoms with Gasteiger partial charge in [0.2, 0.25) is 17.7 Å². The van der Waals surface area contributed by atoms with Crippen molar-refractivity contribution in [2.45, 2.75) is 64.4 Å². The van der Waals surface area contributed by atoms with E-state index in [1.54, 1.807) is 6.92 Å². The van der Waals surface area contributed by atoms with Gasteiger partial charge < -0.3 is 31.9 Å². The first-order chi connectivity index (χ1) is 14.6. The van der Waals surface area contributed by atoms with E-state index in [0.29, 0.717) is 6.42 Å². The molecule has 1 rings (SSSR count). The van der Waals surface area contributed by atoms with Gasteiger partial charge in [-0.1, -0.05) is 50.6 Å². The first-order valence-corrected chi connectivity index (χ1v) is 10.1. The van der Waals surface area contributed by atoms with Crippen LogP contribution >= 0.6 is 0 Å². The van der Waals surface area contributed by atoms with Gasteiger partial charge in [0, 0.05) is 0 Å². The van der Waals surface area contributed by atoms with Crippen LogP contribution in [0.4, 0.5) is 0 Å². The van der Waals surface area contributed by atoms with E-state index in [1.807, 2.05) is 44.2 Å². The molecule has 0 aliphatic rings. The first-order valence-electron chi connectivity index (χ1n) is 10.1. The second-order valence-electron chi connectivity index (χ2n) is 7.47. The van der Waals surface area contributed by atoms with Crippen molar-refractivity contribution in [3.63, 3.8) is 0 Å². The molecule has 3 amide bonds. The van der Waals surface area contributed by atoms with E-state index in [1.165, 1.54) is 0 Å². The van der Waals surface area contributed by atoms with Gasteiger partial charge in [-0.2, -0.15) is 0 Å². The number of rotatable bonds is 13. The molecule has 10 heteroatoms. The maximum Gasteiger partial charge on any atom is 0.326 e. The zero-order chi connectivity index (χ0) is 23.6. The van der Waals surface area contributed by atoms with Crippen LogP contribution in [0, 0.1) is 5.92 Å². The summed E-state index contributed by atoms with van der Waals surface area (Å²) in [4.78, 5) is 47.9. The number of primary amides is 1. The van der Waals surface area contributed by atoms with Crippen LogP contribution < -0.4 is 22.1 Å². The molecule has 0 saturated carbocycles. The van der Waals surface area contributed by atoms with Crippen molar-refractivity contribution >= 4 is 23.7 Å². The number of nitrogens with one attached hydrogen (secondary N) is 2. The lowest BCUT2D eigenvalue weighted by Crippen LogP contribution is -2.59. The smallest absolute Gasteiger partial charge is 0.326 e. The third kappa shape index (κ3) is 8.73. The highest BCUT2D eigenvalue weighted by Gasteiger charge is 2.33. The van der Waals surface area contributed by atoms with Crippen LogP contribution in [0.3, 0.4) is 0 Å². The van der Waals surface area contributed by atoms with Crippen LogP contribution in [-0.2, 0) is 30.5 Å². The Labute approximate surface area is 181 Å². The molecule has 0 bridgehead atoms. The lowest BCUT2D eigenvalue weighted by atomic mass is 9.98. The quantitative estimate of drug-likeness (QED) is 0.287. The zero-order valence-corrected chi connectivity index (χ0v) is 18.0. The molecule has 0 heterocycles. The van der Waals surface area contributed by atoms with E-state index >= 15 is 0 Å². The average molecular weight is 437 g/mol. The molecule has 5 atom stereocenters. The SMILES string of the molecule is CCC(C)C(N)C(=O)NC(C(=O)NC(CC(N)=O)C(=O)O)C(C)OCc1ccccc1. The molecule has 0 saturated heterocycles. The molecular weight excluding hydrogens is 404 g/mol. The van der Waals surface area contributed by atoms with Gasteiger partial charge in [-0.05, 0) is 18.4 Å². The molecule has 5 unspecified atom stereocenters. The minimum atomic E-state index is -1.53. The normalized spacial score (nSPS) is 15.7. The van der Waals surface area contributed by atoms with E-state index < -0.39 is 54.3 Å². The number of benzene rings is 1. The number of nitrogens with two attached hydrogens (primary N) is 2. The summed E-state index contributed by atoms with van der Waals surface area (Å²) in [6, 6.07) is 5.57. The van der Waals surface area contributed by atoms with Crippen molar-refractivity contribution in [1.82, 2.24) is 10.6 Å². The third-order valence-electron chi connectivity index (χ3n) is 4.99. The molecule has 1 aromatic carbocycles. The summed E-state index contributed by atoms with van der Waals surface area (Å²) >= 11 is 0. The zero-order valence-electron chi connectivity index (χ0n) is 18.0. The summed E-state index contributed by atoms with van der Waals surface area (Å²) in [6.45, 7) is 5.44. The summed E-state index contributed by atoms with van der Waals surface area (Å²) in [5.74, 6) is -3.83. The Morgan fingerprint density at radius 3 is 2.19 bits per heavy atom. The highest BCUT2D eigenvalue weighted by atomic mass is 16.5. The molecule has 0 aliphatic heterocycles. The highest BCUT2D eigenvalue weighted by Crippen LogP contribution is 2.10. The van der Waals surface area contributed by atoms with E-state index in [-0.39, 0.29) is 12.5 Å². The van der Waals surface area contributed by atoms with E-state index in [9.17, 15) is 24.3 Å². The first kappa shape index (κ1) is 26.1. The monoisotopic (exact) mass is 436 g/mol. The van der Waals surface area contributed by atoms with Gasteiger partial charge >= 0.3 is 5.97 Å². The van der Waals surface area contributed by atoms with E-state index in [0.717, 1.165) is 5.56 Å². The molecule has 1 aromatic rings. The van der Waals surface area contributed by atoms with Gasteiger partial charge in [0.15, 0.2) is 0 Å². The Morgan fingerprint density at radius 1 is 1.06 bits per heavy atom. The van der Waals surface area contributed by atoms with Crippen LogP contribution in [0.2, 0.25) is 0 Å². The Balaban J connectivity index is 2.98. The molecule has 172 valence electrons. The maximum absolute atomic E-state index is 12.8. The average Bonchev–Trinajstić information content (AvgIpc) is 2.74. The van der Waals surface area contributed by atoms with Crippen LogP contribution in [-0.4, -0.2) is 53.0 Å². The summed E-state index contributed by atoms with van der Waals surface area (Å²) in [5, 5.41) is 14.1. The van der Waals surface area contributed by atoms with Gasteiger partial charge in [-0.15, -0.1) is 0 Å². The van der Waals surface area contributed by atoms with Gasteiger partial charge in [0.1, 0.15) is 12.1 Å². The lowest BCUT2D eigenvalue weighted by Gasteiger charge is -2.28. The van der Waals surface area contributed by atoms with Crippen LogP contribution in [0.15, 0.2) is 30.3 Å². The van der Waals surface area contributed by atoms with Gasteiger partial charge in [0.25, 0.3) is 0 Å². The number of carboxylic acids is 1. The van der Waals surface area contributed by atoms with Crippen molar-refractivity contribution < 1.29 is 29.0 Å². The van der Waals surface area contributed by atoms with Crippen molar-refractivity contribution in [2.24, 2.45) is 17.4 Å². The molecule has 0 fully saturated rings. The Hall–Kier alpha value is -2.98. The van der Waals surface area contributed by atoms with Crippen molar-refractivity contribution in [3.8, 4) is 0 Å². The Bertz CT molecular complexity index is 757. The molecule has 0 aliphatic carbocycles. The molecule has 0 aromatic heterocycles. The predicted molar refractivity (Wildman–Crippen MR) is 113 cm³/mol.